The number of amides is 1. The van der Waals surface area contributed by atoms with Crippen molar-refractivity contribution < 1.29 is 14.7 Å². The third kappa shape index (κ3) is 2.92. The van der Waals surface area contributed by atoms with E-state index in [-0.39, 0.29) is 18.4 Å². The molecule has 1 heterocycles. The Morgan fingerprint density at radius 2 is 2.11 bits per heavy atom. The minimum absolute atomic E-state index is 0.0487. The fourth-order valence-electron chi connectivity index (χ4n) is 2.29. The first-order valence-corrected chi connectivity index (χ1v) is 7.04. The van der Waals surface area contributed by atoms with E-state index in [4.69, 9.17) is 16.7 Å². The summed E-state index contributed by atoms with van der Waals surface area (Å²) in [7, 11) is 0. The van der Waals surface area contributed by atoms with Crippen LogP contribution in [0.1, 0.15) is 17.3 Å². The molecule has 19 heavy (non-hydrogen) atoms. The summed E-state index contributed by atoms with van der Waals surface area (Å²) in [5.41, 5.74) is 0.397. The Kier molecular flexibility index (Phi) is 4.16. The van der Waals surface area contributed by atoms with E-state index in [0.717, 1.165) is 4.47 Å². The molecule has 1 saturated heterocycles. The third-order valence-electron chi connectivity index (χ3n) is 3.38. The van der Waals surface area contributed by atoms with Crippen molar-refractivity contribution in [3.63, 3.8) is 0 Å². The molecule has 1 fully saturated rings. The number of carboxylic acids is 1. The molecule has 2 atom stereocenters. The molecule has 0 aliphatic carbocycles. The van der Waals surface area contributed by atoms with Crippen LogP contribution >= 0.6 is 27.5 Å². The van der Waals surface area contributed by atoms with E-state index in [1.807, 2.05) is 6.92 Å². The van der Waals surface area contributed by atoms with Gasteiger partial charge in [0.25, 0.3) is 5.91 Å². The van der Waals surface area contributed by atoms with Crippen LogP contribution in [0.5, 0.6) is 0 Å². The van der Waals surface area contributed by atoms with E-state index < -0.39 is 11.9 Å². The smallest absolute Gasteiger partial charge is 0.308 e. The molecular weight excluding hydrogens is 334 g/mol. The topological polar surface area (TPSA) is 57.6 Å². The first-order valence-electron chi connectivity index (χ1n) is 5.87. The molecule has 102 valence electrons. The lowest BCUT2D eigenvalue weighted by molar-refractivity contribution is -0.142. The van der Waals surface area contributed by atoms with Gasteiger partial charge in [0.1, 0.15) is 0 Å². The van der Waals surface area contributed by atoms with Gasteiger partial charge < -0.3 is 10.0 Å². The number of nitrogens with zero attached hydrogens (tertiary/aromatic N) is 1. The lowest BCUT2D eigenvalue weighted by Gasteiger charge is -2.17. The summed E-state index contributed by atoms with van der Waals surface area (Å²) in [4.78, 5) is 25.0. The van der Waals surface area contributed by atoms with E-state index in [1.165, 1.54) is 0 Å². The highest BCUT2D eigenvalue weighted by atomic mass is 79.9. The minimum atomic E-state index is -0.858. The van der Waals surface area contributed by atoms with Crippen LogP contribution in [0.2, 0.25) is 5.02 Å². The summed E-state index contributed by atoms with van der Waals surface area (Å²) < 4.78 is 0.766. The maximum absolute atomic E-state index is 12.4. The number of hydrogen-bond acceptors (Lipinski definition) is 2. The largest absolute Gasteiger partial charge is 0.481 e. The lowest BCUT2D eigenvalue weighted by Crippen LogP contribution is -2.30. The Hall–Kier alpha value is -1.07. The van der Waals surface area contributed by atoms with Gasteiger partial charge in [0, 0.05) is 17.6 Å². The van der Waals surface area contributed by atoms with Crippen molar-refractivity contribution in [2.24, 2.45) is 11.8 Å². The predicted molar refractivity (Wildman–Crippen MR) is 75.3 cm³/mol. The molecule has 6 heteroatoms. The molecule has 1 aliphatic heterocycles. The Labute approximate surface area is 124 Å². The average Bonchev–Trinajstić information content (AvgIpc) is 2.74. The number of likely N-dealkylation sites (tertiary alicyclic amines) is 1. The fraction of sp³-hybridized carbons (Fsp3) is 0.385. The van der Waals surface area contributed by atoms with E-state index in [2.05, 4.69) is 15.9 Å². The standard InChI is InChI=1S/C13H13BrClNO3/c1-7-5-16(6-10(7)13(18)19)12(17)9-4-8(14)2-3-11(9)15/h2-4,7,10H,5-6H2,1H3,(H,18,19). The van der Waals surface area contributed by atoms with E-state index in [1.54, 1.807) is 23.1 Å². The maximum atomic E-state index is 12.4. The maximum Gasteiger partial charge on any atom is 0.308 e. The van der Waals surface area contributed by atoms with Gasteiger partial charge in [0.15, 0.2) is 0 Å². The molecular formula is C13H13BrClNO3. The number of hydrogen-bond donors (Lipinski definition) is 1. The molecule has 1 aromatic rings. The highest BCUT2D eigenvalue weighted by Gasteiger charge is 2.37. The van der Waals surface area contributed by atoms with Crippen molar-refractivity contribution >= 4 is 39.4 Å². The molecule has 0 saturated carbocycles. The zero-order valence-corrected chi connectivity index (χ0v) is 12.6. The van der Waals surface area contributed by atoms with Crippen molar-refractivity contribution in [3.05, 3.63) is 33.3 Å². The molecule has 2 unspecified atom stereocenters. The third-order valence-corrected chi connectivity index (χ3v) is 4.20. The fourth-order valence-corrected chi connectivity index (χ4v) is 2.85. The van der Waals surface area contributed by atoms with E-state index >= 15 is 0 Å². The van der Waals surface area contributed by atoms with Crippen molar-refractivity contribution in [3.8, 4) is 0 Å². The first-order chi connectivity index (χ1) is 8.90. The van der Waals surface area contributed by atoms with Gasteiger partial charge in [-0.25, -0.2) is 0 Å². The predicted octanol–water partition coefficient (Wildman–Crippen LogP) is 2.90. The molecule has 4 nitrogen and oxygen atoms in total. The second kappa shape index (κ2) is 5.51. The van der Waals surface area contributed by atoms with Gasteiger partial charge >= 0.3 is 5.97 Å². The van der Waals surface area contributed by atoms with Crippen LogP contribution in [0.3, 0.4) is 0 Å². The van der Waals surface area contributed by atoms with Crippen LogP contribution in [-0.4, -0.2) is 35.0 Å². The van der Waals surface area contributed by atoms with Crippen LogP contribution in [0.15, 0.2) is 22.7 Å². The van der Waals surface area contributed by atoms with Crippen molar-refractivity contribution in [1.82, 2.24) is 4.90 Å². The average molecular weight is 347 g/mol. The van der Waals surface area contributed by atoms with Crippen LogP contribution in [0, 0.1) is 11.8 Å². The van der Waals surface area contributed by atoms with Gasteiger partial charge in [0.2, 0.25) is 0 Å². The highest BCUT2D eigenvalue weighted by molar-refractivity contribution is 9.10. The van der Waals surface area contributed by atoms with Crippen LogP contribution in [-0.2, 0) is 4.79 Å². The summed E-state index contributed by atoms with van der Waals surface area (Å²) in [5, 5.41) is 9.46. The molecule has 1 amide bonds. The van der Waals surface area contributed by atoms with Crippen LogP contribution in [0.4, 0.5) is 0 Å². The minimum Gasteiger partial charge on any atom is -0.481 e. The Bertz CT molecular complexity index is 535. The molecule has 1 aliphatic rings. The van der Waals surface area contributed by atoms with Gasteiger partial charge in [-0.15, -0.1) is 0 Å². The second-order valence-corrected chi connectivity index (χ2v) is 6.08. The number of rotatable bonds is 2. The van der Waals surface area contributed by atoms with Crippen molar-refractivity contribution in [2.45, 2.75) is 6.92 Å². The number of halogens is 2. The number of aliphatic carboxylic acids is 1. The highest BCUT2D eigenvalue weighted by Crippen LogP contribution is 2.28. The summed E-state index contributed by atoms with van der Waals surface area (Å²) in [6.45, 7) is 2.52. The van der Waals surface area contributed by atoms with Crippen molar-refractivity contribution in [2.75, 3.05) is 13.1 Å². The molecule has 0 aromatic heterocycles. The molecule has 2 rings (SSSR count). The van der Waals surface area contributed by atoms with E-state index in [0.29, 0.717) is 17.1 Å². The first kappa shape index (κ1) is 14.3. The van der Waals surface area contributed by atoms with Gasteiger partial charge in [-0.1, -0.05) is 34.5 Å². The second-order valence-electron chi connectivity index (χ2n) is 4.76. The summed E-state index contributed by atoms with van der Waals surface area (Å²) >= 11 is 9.32. The van der Waals surface area contributed by atoms with Crippen LogP contribution < -0.4 is 0 Å². The molecule has 1 N–H and O–H groups in total. The van der Waals surface area contributed by atoms with Gasteiger partial charge in [-0.05, 0) is 24.1 Å². The molecule has 0 bridgehead atoms. The Balaban J connectivity index is 2.22. The van der Waals surface area contributed by atoms with Gasteiger partial charge in [0.05, 0.1) is 16.5 Å². The quantitative estimate of drug-likeness (QED) is 0.896. The molecule has 1 aromatic carbocycles. The molecule has 0 radical (unpaired) electrons. The number of benzene rings is 1. The normalized spacial score (nSPS) is 22.6. The summed E-state index contributed by atoms with van der Waals surface area (Å²) in [5.74, 6) is -1.63. The lowest BCUT2D eigenvalue weighted by atomic mass is 9.99. The number of carbonyl (C=O) groups is 2. The number of carbonyl (C=O) groups excluding carboxylic acids is 1. The Morgan fingerprint density at radius 3 is 2.68 bits per heavy atom. The van der Waals surface area contributed by atoms with Gasteiger partial charge in [-0.3, -0.25) is 9.59 Å². The molecule has 0 spiro atoms. The summed E-state index contributed by atoms with van der Waals surface area (Å²) in [6.07, 6.45) is 0. The van der Waals surface area contributed by atoms with E-state index in [9.17, 15) is 9.59 Å². The monoisotopic (exact) mass is 345 g/mol. The zero-order valence-electron chi connectivity index (χ0n) is 10.3. The Morgan fingerprint density at radius 1 is 1.42 bits per heavy atom. The van der Waals surface area contributed by atoms with Crippen LogP contribution in [0.25, 0.3) is 0 Å². The number of carboxylic acid groups (broad SMARTS) is 1. The van der Waals surface area contributed by atoms with Gasteiger partial charge in [-0.2, -0.15) is 0 Å². The van der Waals surface area contributed by atoms with Crippen molar-refractivity contribution in [1.29, 1.82) is 0 Å². The summed E-state index contributed by atoms with van der Waals surface area (Å²) in [6, 6.07) is 5.06. The zero-order chi connectivity index (χ0) is 14.2. The SMILES string of the molecule is CC1CN(C(=O)c2cc(Br)ccc2Cl)CC1C(=O)O.